The molecule has 1 aliphatic rings. The summed E-state index contributed by atoms with van der Waals surface area (Å²) >= 11 is 0. The Morgan fingerprint density at radius 1 is 0.354 bits per heavy atom. The van der Waals surface area contributed by atoms with E-state index in [1.807, 2.05) is 0 Å². The molecule has 1 aliphatic carbocycles. The molecule has 0 unspecified atom stereocenters. The summed E-state index contributed by atoms with van der Waals surface area (Å²) in [6, 6.07) is 49.6. The van der Waals surface area contributed by atoms with E-state index in [9.17, 15) is 0 Å². The van der Waals surface area contributed by atoms with Crippen LogP contribution in [0.4, 0.5) is 0 Å². The van der Waals surface area contributed by atoms with Crippen LogP contribution >= 0.6 is 0 Å². The molecule has 0 fully saturated rings. The zero-order valence-corrected chi connectivity index (χ0v) is 28.7. The molecular weight excluding hydrogens is 577 g/mol. The van der Waals surface area contributed by atoms with Crippen LogP contribution in [-0.2, 0) is 12.8 Å². The summed E-state index contributed by atoms with van der Waals surface area (Å²) in [4.78, 5) is 0. The van der Waals surface area contributed by atoms with E-state index < -0.39 is 0 Å². The van der Waals surface area contributed by atoms with Crippen molar-refractivity contribution in [3.63, 3.8) is 0 Å². The van der Waals surface area contributed by atoms with Crippen molar-refractivity contribution >= 4 is 21.5 Å². The van der Waals surface area contributed by atoms with Gasteiger partial charge in [-0.05, 0) is 138 Å². The minimum Gasteiger partial charge on any atom is -0.0622 e. The number of fused-ring (bicyclic) bond motifs is 3. The third-order valence-electron chi connectivity index (χ3n) is 10.5. The monoisotopic (exact) mass is 620 g/mol. The molecule has 7 aromatic carbocycles. The predicted molar refractivity (Wildman–Crippen MR) is 208 cm³/mol. The van der Waals surface area contributed by atoms with Crippen molar-refractivity contribution in [3.05, 3.63) is 156 Å². The Hall–Kier alpha value is -4.94. The van der Waals surface area contributed by atoms with Gasteiger partial charge in [-0.15, -0.1) is 0 Å². The fourth-order valence-corrected chi connectivity index (χ4v) is 8.72. The molecule has 0 saturated carbocycles. The van der Waals surface area contributed by atoms with Crippen molar-refractivity contribution in [2.75, 3.05) is 0 Å². The van der Waals surface area contributed by atoms with Crippen LogP contribution in [0.5, 0.6) is 0 Å². The van der Waals surface area contributed by atoms with Crippen LogP contribution in [0.2, 0.25) is 0 Å². The standard InChI is InChI=1S/C48H44/c1-31(2)43-37-27-17-18-28-38(37)44(32(3)4)40-30-42-41(29-39(40)43)45(33-19-9-5-10-20-33)47(35-23-13-7-14-24-35)48(36-25-15-8-16-26-36)46(42)34-21-11-6-12-22-34/h5-16,19-26,29-32H,17-18,27-28H2,1-4H3. The van der Waals surface area contributed by atoms with Crippen molar-refractivity contribution in [2.45, 2.75) is 65.2 Å². The summed E-state index contributed by atoms with van der Waals surface area (Å²) in [5.74, 6) is 0.896. The lowest BCUT2D eigenvalue weighted by Crippen LogP contribution is -2.13. The maximum Gasteiger partial charge on any atom is -0.00141 e. The average molecular weight is 621 g/mol. The number of rotatable bonds is 6. The maximum atomic E-state index is 2.61. The van der Waals surface area contributed by atoms with Gasteiger partial charge >= 0.3 is 0 Å². The summed E-state index contributed by atoms with van der Waals surface area (Å²) in [6.45, 7) is 9.63. The molecule has 0 aliphatic heterocycles. The third kappa shape index (κ3) is 5.06. The minimum absolute atomic E-state index is 0.448. The first kappa shape index (κ1) is 30.4. The topological polar surface area (TPSA) is 0 Å². The third-order valence-corrected chi connectivity index (χ3v) is 10.5. The molecule has 0 bridgehead atoms. The lowest BCUT2D eigenvalue weighted by atomic mass is 9.74. The quantitative estimate of drug-likeness (QED) is 0.162. The normalized spacial score (nSPS) is 13.0. The van der Waals surface area contributed by atoms with Crippen LogP contribution in [0, 0.1) is 0 Å². The lowest BCUT2D eigenvalue weighted by Gasteiger charge is -2.30. The van der Waals surface area contributed by atoms with Gasteiger partial charge in [-0.25, -0.2) is 0 Å². The van der Waals surface area contributed by atoms with Gasteiger partial charge in [0.25, 0.3) is 0 Å². The molecule has 0 radical (unpaired) electrons. The van der Waals surface area contributed by atoms with Gasteiger partial charge in [0.1, 0.15) is 0 Å². The predicted octanol–water partition coefficient (Wildman–Crippen LogP) is 13.8. The second-order valence-corrected chi connectivity index (χ2v) is 14.2. The van der Waals surface area contributed by atoms with E-state index in [1.54, 1.807) is 22.3 Å². The Bertz CT molecular complexity index is 2080. The van der Waals surface area contributed by atoms with Gasteiger partial charge in [-0.1, -0.05) is 149 Å². The van der Waals surface area contributed by atoms with Gasteiger partial charge < -0.3 is 0 Å². The molecule has 0 N–H and O–H groups in total. The number of benzene rings is 7. The Labute approximate surface area is 286 Å². The molecule has 0 nitrogen and oxygen atoms in total. The Morgan fingerprint density at radius 2 is 0.646 bits per heavy atom. The second kappa shape index (κ2) is 12.6. The molecule has 0 aromatic heterocycles. The molecule has 0 heterocycles. The van der Waals surface area contributed by atoms with E-state index in [-0.39, 0.29) is 0 Å². The summed E-state index contributed by atoms with van der Waals surface area (Å²) in [6.07, 6.45) is 4.96. The number of hydrogen-bond donors (Lipinski definition) is 0. The number of hydrogen-bond acceptors (Lipinski definition) is 0. The fraction of sp³-hybridized carbons (Fsp3) is 0.208. The first-order valence-electron chi connectivity index (χ1n) is 17.9. The molecule has 0 amide bonds. The van der Waals surface area contributed by atoms with Gasteiger partial charge in [0.15, 0.2) is 0 Å². The zero-order valence-electron chi connectivity index (χ0n) is 28.7. The van der Waals surface area contributed by atoms with Gasteiger partial charge in [0.05, 0.1) is 0 Å². The highest BCUT2D eigenvalue weighted by molar-refractivity contribution is 6.21. The average Bonchev–Trinajstić information content (AvgIpc) is 3.13. The lowest BCUT2D eigenvalue weighted by molar-refractivity contribution is 0.661. The van der Waals surface area contributed by atoms with Crippen LogP contribution in [0.3, 0.4) is 0 Å². The van der Waals surface area contributed by atoms with Gasteiger partial charge in [-0.2, -0.15) is 0 Å². The van der Waals surface area contributed by atoms with Crippen molar-refractivity contribution in [1.29, 1.82) is 0 Å². The smallest absolute Gasteiger partial charge is 0.00141 e. The molecule has 0 atom stereocenters. The molecule has 0 spiro atoms. The molecule has 8 rings (SSSR count). The molecular formula is C48H44. The maximum absolute atomic E-state index is 2.61. The first-order valence-corrected chi connectivity index (χ1v) is 17.9. The van der Waals surface area contributed by atoms with Gasteiger partial charge in [0, 0.05) is 0 Å². The summed E-state index contributed by atoms with van der Waals surface area (Å²) < 4.78 is 0. The second-order valence-electron chi connectivity index (χ2n) is 14.2. The van der Waals surface area contributed by atoms with E-state index in [4.69, 9.17) is 0 Å². The highest BCUT2D eigenvalue weighted by Crippen LogP contribution is 2.53. The van der Waals surface area contributed by atoms with E-state index in [2.05, 4.69) is 161 Å². The molecule has 48 heavy (non-hydrogen) atoms. The van der Waals surface area contributed by atoms with Crippen molar-refractivity contribution in [2.24, 2.45) is 0 Å². The molecule has 0 saturated heterocycles. The van der Waals surface area contributed by atoms with E-state index >= 15 is 0 Å². The van der Waals surface area contributed by atoms with Gasteiger partial charge in [-0.3, -0.25) is 0 Å². The van der Waals surface area contributed by atoms with Crippen molar-refractivity contribution < 1.29 is 0 Å². The van der Waals surface area contributed by atoms with Crippen LogP contribution in [0.1, 0.15) is 74.6 Å². The van der Waals surface area contributed by atoms with Crippen molar-refractivity contribution in [3.8, 4) is 44.5 Å². The van der Waals surface area contributed by atoms with E-state index in [0.29, 0.717) is 11.8 Å². The van der Waals surface area contributed by atoms with Crippen LogP contribution < -0.4 is 0 Å². The summed E-state index contributed by atoms with van der Waals surface area (Å²) in [5.41, 5.74) is 16.6. The minimum atomic E-state index is 0.448. The highest BCUT2D eigenvalue weighted by atomic mass is 14.3. The van der Waals surface area contributed by atoms with Gasteiger partial charge in [0.2, 0.25) is 0 Å². The molecule has 0 heteroatoms. The first-order chi connectivity index (χ1) is 23.5. The SMILES string of the molecule is CC(C)c1c2c(c(C(C)C)c3cc4c(-c5ccccc5)c(-c5ccccc5)c(-c5ccccc5)c(-c5ccccc5)c4cc13)CCCC2. The summed E-state index contributed by atoms with van der Waals surface area (Å²) in [5, 5.41) is 5.56. The fourth-order valence-electron chi connectivity index (χ4n) is 8.72. The highest BCUT2D eigenvalue weighted by Gasteiger charge is 2.28. The molecule has 7 aromatic rings. The van der Waals surface area contributed by atoms with Crippen LogP contribution in [0.25, 0.3) is 66.1 Å². The largest absolute Gasteiger partial charge is 0.0622 e. The Balaban J connectivity index is 1.69. The van der Waals surface area contributed by atoms with Crippen molar-refractivity contribution in [1.82, 2.24) is 0 Å². The Morgan fingerprint density at radius 3 is 0.938 bits per heavy atom. The zero-order chi connectivity index (χ0) is 32.8. The summed E-state index contributed by atoms with van der Waals surface area (Å²) in [7, 11) is 0. The van der Waals surface area contributed by atoms with Crippen LogP contribution in [-0.4, -0.2) is 0 Å². The Kier molecular flexibility index (Phi) is 7.97. The van der Waals surface area contributed by atoms with E-state index in [1.165, 1.54) is 91.7 Å². The molecule has 236 valence electrons. The van der Waals surface area contributed by atoms with Crippen LogP contribution in [0.15, 0.2) is 133 Å². The van der Waals surface area contributed by atoms with E-state index in [0.717, 1.165) is 0 Å².